The van der Waals surface area contributed by atoms with Crippen molar-refractivity contribution in [1.29, 1.82) is 0 Å². The lowest BCUT2D eigenvalue weighted by Crippen LogP contribution is -2.36. The lowest BCUT2D eigenvalue weighted by atomic mass is 10.1. The van der Waals surface area contributed by atoms with Crippen LogP contribution in [0.3, 0.4) is 0 Å². The fourth-order valence-corrected chi connectivity index (χ4v) is 3.37. The molecule has 1 aliphatic heterocycles. The molecule has 5 nitrogen and oxygen atoms in total. The Morgan fingerprint density at radius 3 is 2.83 bits per heavy atom. The maximum absolute atomic E-state index is 12.5. The highest BCUT2D eigenvalue weighted by atomic mass is 35.5. The molecular formula is C18H23ClN4O. The van der Waals surface area contributed by atoms with Crippen molar-refractivity contribution in [1.82, 2.24) is 14.7 Å². The van der Waals surface area contributed by atoms with Gasteiger partial charge in [0.05, 0.1) is 12.6 Å². The zero-order valence-electron chi connectivity index (χ0n) is 14.2. The first-order chi connectivity index (χ1) is 11.5. The van der Waals surface area contributed by atoms with Crippen LogP contribution in [0.15, 0.2) is 30.6 Å². The maximum atomic E-state index is 12.5. The summed E-state index contributed by atoms with van der Waals surface area (Å²) in [6.07, 6.45) is 5.05. The van der Waals surface area contributed by atoms with E-state index in [2.05, 4.69) is 16.1 Å². The number of rotatable bonds is 3. The van der Waals surface area contributed by atoms with Gasteiger partial charge < -0.3 is 9.80 Å². The van der Waals surface area contributed by atoms with Crippen LogP contribution in [0.4, 0.5) is 5.69 Å². The molecule has 1 saturated heterocycles. The van der Waals surface area contributed by atoms with Crippen molar-refractivity contribution in [2.45, 2.75) is 19.8 Å². The molecule has 128 valence electrons. The van der Waals surface area contributed by atoms with Crippen molar-refractivity contribution in [3.8, 4) is 0 Å². The first kappa shape index (κ1) is 16.8. The first-order valence-corrected chi connectivity index (χ1v) is 8.68. The fourth-order valence-electron chi connectivity index (χ4n) is 3.20. The average Bonchev–Trinajstić information content (AvgIpc) is 2.82. The van der Waals surface area contributed by atoms with E-state index in [0.29, 0.717) is 6.42 Å². The van der Waals surface area contributed by atoms with Crippen LogP contribution in [-0.2, 0) is 18.3 Å². The van der Waals surface area contributed by atoms with E-state index in [1.54, 1.807) is 10.9 Å². The number of halogens is 1. The van der Waals surface area contributed by atoms with Crippen LogP contribution in [0.5, 0.6) is 0 Å². The van der Waals surface area contributed by atoms with Crippen LogP contribution < -0.4 is 4.90 Å². The second-order valence-electron chi connectivity index (χ2n) is 6.30. The molecule has 0 aliphatic carbocycles. The van der Waals surface area contributed by atoms with Crippen molar-refractivity contribution in [3.63, 3.8) is 0 Å². The van der Waals surface area contributed by atoms with E-state index >= 15 is 0 Å². The van der Waals surface area contributed by atoms with Crippen molar-refractivity contribution in [2.75, 3.05) is 31.1 Å². The number of carbonyl (C=O) groups is 1. The predicted molar refractivity (Wildman–Crippen MR) is 96.5 cm³/mol. The van der Waals surface area contributed by atoms with Gasteiger partial charge in [0.25, 0.3) is 0 Å². The SMILES string of the molecule is Cc1c(Cl)cccc1N1CCCN(C(=O)Cc2cnn(C)c2)CC1. The number of nitrogens with zero attached hydrogens (tertiary/aromatic N) is 4. The van der Waals surface area contributed by atoms with Gasteiger partial charge in [-0.15, -0.1) is 0 Å². The van der Waals surface area contributed by atoms with Crippen LogP contribution in [0, 0.1) is 6.92 Å². The highest BCUT2D eigenvalue weighted by Crippen LogP contribution is 2.27. The zero-order chi connectivity index (χ0) is 17.1. The van der Waals surface area contributed by atoms with Crippen molar-refractivity contribution >= 4 is 23.2 Å². The molecule has 6 heteroatoms. The molecule has 1 fully saturated rings. The number of aromatic nitrogens is 2. The van der Waals surface area contributed by atoms with Crippen LogP contribution in [-0.4, -0.2) is 46.8 Å². The fraction of sp³-hybridized carbons (Fsp3) is 0.444. The number of amides is 1. The summed E-state index contributed by atoms with van der Waals surface area (Å²) in [6.45, 7) is 5.37. The summed E-state index contributed by atoms with van der Waals surface area (Å²) in [5.74, 6) is 0.174. The number of anilines is 1. The molecular weight excluding hydrogens is 324 g/mol. The Balaban J connectivity index is 1.64. The lowest BCUT2D eigenvalue weighted by Gasteiger charge is -2.25. The predicted octanol–water partition coefficient (Wildman–Crippen LogP) is 2.66. The van der Waals surface area contributed by atoms with Gasteiger partial charge in [0.1, 0.15) is 0 Å². The molecule has 1 aliphatic rings. The molecule has 0 atom stereocenters. The third kappa shape index (κ3) is 3.73. The Morgan fingerprint density at radius 1 is 1.25 bits per heavy atom. The minimum absolute atomic E-state index is 0.174. The summed E-state index contributed by atoms with van der Waals surface area (Å²) in [4.78, 5) is 16.8. The number of benzene rings is 1. The standard InChI is InChI=1S/C18H23ClN4O/c1-14-16(19)5-3-6-17(14)22-7-4-8-23(10-9-22)18(24)11-15-12-20-21(2)13-15/h3,5-6,12-13H,4,7-11H2,1-2H3. The van der Waals surface area contributed by atoms with E-state index in [4.69, 9.17) is 11.6 Å². The van der Waals surface area contributed by atoms with Gasteiger partial charge >= 0.3 is 0 Å². The third-order valence-electron chi connectivity index (χ3n) is 4.54. The van der Waals surface area contributed by atoms with Gasteiger partial charge in [0, 0.05) is 50.1 Å². The Hall–Kier alpha value is -2.01. The zero-order valence-corrected chi connectivity index (χ0v) is 15.0. The van der Waals surface area contributed by atoms with Crippen LogP contribution in [0.1, 0.15) is 17.5 Å². The van der Waals surface area contributed by atoms with Crippen LogP contribution >= 0.6 is 11.6 Å². The van der Waals surface area contributed by atoms with Crippen molar-refractivity contribution in [2.24, 2.45) is 7.05 Å². The monoisotopic (exact) mass is 346 g/mol. The summed E-state index contributed by atoms with van der Waals surface area (Å²) in [7, 11) is 1.87. The molecule has 1 aromatic carbocycles. The molecule has 24 heavy (non-hydrogen) atoms. The summed E-state index contributed by atoms with van der Waals surface area (Å²) in [5, 5.41) is 4.92. The molecule has 0 unspecified atom stereocenters. The summed E-state index contributed by atoms with van der Waals surface area (Å²) in [6, 6.07) is 6.01. The van der Waals surface area contributed by atoms with Crippen molar-refractivity contribution in [3.05, 3.63) is 46.7 Å². The molecule has 0 saturated carbocycles. The minimum Gasteiger partial charge on any atom is -0.369 e. The Kier molecular flexibility index (Phi) is 5.09. The minimum atomic E-state index is 0.174. The second-order valence-corrected chi connectivity index (χ2v) is 6.71. The number of carbonyl (C=O) groups excluding carboxylic acids is 1. The molecule has 0 bridgehead atoms. The highest BCUT2D eigenvalue weighted by Gasteiger charge is 2.21. The van der Waals surface area contributed by atoms with Gasteiger partial charge in [-0.3, -0.25) is 9.48 Å². The highest BCUT2D eigenvalue weighted by molar-refractivity contribution is 6.31. The van der Waals surface area contributed by atoms with Gasteiger partial charge in [0.15, 0.2) is 0 Å². The van der Waals surface area contributed by atoms with Gasteiger partial charge in [-0.2, -0.15) is 5.10 Å². The van der Waals surface area contributed by atoms with E-state index in [0.717, 1.165) is 48.7 Å². The smallest absolute Gasteiger partial charge is 0.227 e. The van der Waals surface area contributed by atoms with Crippen LogP contribution in [0.25, 0.3) is 0 Å². The molecule has 1 amide bonds. The molecule has 2 aromatic rings. The third-order valence-corrected chi connectivity index (χ3v) is 4.95. The first-order valence-electron chi connectivity index (χ1n) is 8.30. The Bertz CT molecular complexity index is 728. The summed E-state index contributed by atoms with van der Waals surface area (Å²) < 4.78 is 1.73. The lowest BCUT2D eigenvalue weighted by molar-refractivity contribution is -0.130. The van der Waals surface area contributed by atoms with E-state index < -0.39 is 0 Å². The molecule has 0 spiro atoms. The Labute approximate surface area is 147 Å². The van der Waals surface area contributed by atoms with Gasteiger partial charge in [-0.1, -0.05) is 17.7 Å². The van der Waals surface area contributed by atoms with Crippen molar-refractivity contribution < 1.29 is 4.79 Å². The van der Waals surface area contributed by atoms with E-state index in [-0.39, 0.29) is 5.91 Å². The quantitative estimate of drug-likeness (QED) is 0.858. The number of aryl methyl sites for hydroxylation is 1. The maximum Gasteiger partial charge on any atom is 0.227 e. The van der Waals surface area contributed by atoms with Crippen LogP contribution in [0.2, 0.25) is 5.02 Å². The average molecular weight is 347 g/mol. The molecule has 0 N–H and O–H groups in total. The van der Waals surface area contributed by atoms with Gasteiger partial charge in [-0.25, -0.2) is 0 Å². The second kappa shape index (κ2) is 7.26. The Morgan fingerprint density at radius 2 is 2.08 bits per heavy atom. The number of hydrogen-bond acceptors (Lipinski definition) is 3. The van der Waals surface area contributed by atoms with Gasteiger partial charge in [-0.05, 0) is 36.6 Å². The molecule has 1 aromatic heterocycles. The van der Waals surface area contributed by atoms with Gasteiger partial charge in [0.2, 0.25) is 5.91 Å². The van der Waals surface area contributed by atoms with E-state index in [1.807, 2.05) is 37.2 Å². The molecule has 0 radical (unpaired) electrons. The summed E-state index contributed by atoms with van der Waals surface area (Å²) in [5.41, 5.74) is 3.24. The largest absolute Gasteiger partial charge is 0.369 e. The molecule has 2 heterocycles. The summed E-state index contributed by atoms with van der Waals surface area (Å²) >= 11 is 6.25. The normalized spacial score (nSPS) is 15.5. The topological polar surface area (TPSA) is 41.4 Å². The van der Waals surface area contributed by atoms with E-state index in [9.17, 15) is 4.79 Å². The van der Waals surface area contributed by atoms with E-state index in [1.165, 1.54) is 5.69 Å². The number of hydrogen-bond donors (Lipinski definition) is 0. The molecule has 3 rings (SSSR count).